The molecule has 0 aliphatic rings. The maximum atomic E-state index is 8.65. The highest BCUT2D eigenvalue weighted by molar-refractivity contribution is 5.30. The van der Waals surface area contributed by atoms with Crippen LogP contribution in [0.2, 0.25) is 0 Å². The van der Waals surface area contributed by atoms with Crippen LogP contribution in [0.5, 0.6) is 11.5 Å². The van der Waals surface area contributed by atoms with Gasteiger partial charge >= 0.3 is 0 Å². The molecule has 5 heteroatoms. The molecule has 0 amide bonds. The predicted molar refractivity (Wildman–Crippen MR) is 54.2 cm³/mol. The summed E-state index contributed by atoms with van der Waals surface area (Å²) in [4.78, 5) is 0. The van der Waals surface area contributed by atoms with Crippen LogP contribution in [0.25, 0.3) is 0 Å². The van der Waals surface area contributed by atoms with E-state index in [-0.39, 0.29) is 11.5 Å². The van der Waals surface area contributed by atoms with E-state index in [0.29, 0.717) is 0 Å². The Kier molecular flexibility index (Phi) is 6.44. The van der Waals surface area contributed by atoms with E-state index in [4.69, 9.17) is 20.4 Å². The molecular formula is C10H16O5. The van der Waals surface area contributed by atoms with Gasteiger partial charge < -0.3 is 25.2 Å². The number of benzene rings is 1. The van der Waals surface area contributed by atoms with Gasteiger partial charge in [0.15, 0.2) is 12.6 Å². The summed E-state index contributed by atoms with van der Waals surface area (Å²) in [7, 11) is 0. The van der Waals surface area contributed by atoms with Crippen molar-refractivity contribution < 1.29 is 25.2 Å². The molecule has 2 atom stereocenters. The van der Waals surface area contributed by atoms with E-state index in [1.165, 1.54) is 32.0 Å². The van der Waals surface area contributed by atoms with Gasteiger partial charge in [0.05, 0.1) is 0 Å². The Balaban J connectivity index is 0.000000265. The first-order chi connectivity index (χ1) is 6.91. The molecule has 2 unspecified atom stereocenters. The van der Waals surface area contributed by atoms with E-state index in [1.54, 1.807) is 6.07 Å². The fourth-order valence-corrected chi connectivity index (χ4v) is 0.778. The molecule has 1 aromatic carbocycles. The van der Waals surface area contributed by atoms with Crippen molar-refractivity contribution >= 4 is 0 Å². The van der Waals surface area contributed by atoms with E-state index in [1.807, 2.05) is 0 Å². The number of aromatic hydroxyl groups is 2. The highest BCUT2D eigenvalue weighted by Gasteiger charge is 1.97. The molecule has 1 rings (SSSR count). The van der Waals surface area contributed by atoms with E-state index in [0.717, 1.165) is 0 Å². The van der Waals surface area contributed by atoms with Crippen LogP contribution in [-0.4, -0.2) is 33.0 Å². The summed E-state index contributed by atoms with van der Waals surface area (Å²) in [6.45, 7) is 2.87. The largest absolute Gasteiger partial charge is 0.508 e. The van der Waals surface area contributed by atoms with Crippen LogP contribution >= 0.6 is 0 Å². The number of hydrogen-bond acceptors (Lipinski definition) is 5. The van der Waals surface area contributed by atoms with Gasteiger partial charge in [-0.2, -0.15) is 0 Å². The lowest BCUT2D eigenvalue weighted by atomic mass is 10.3. The monoisotopic (exact) mass is 216 g/mol. The van der Waals surface area contributed by atoms with Crippen LogP contribution in [0, 0.1) is 0 Å². The zero-order chi connectivity index (χ0) is 11.8. The molecular weight excluding hydrogens is 200 g/mol. The lowest BCUT2D eigenvalue weighted by Crippen LogP contribution is -2.14. The van der Waals surface area contributed by atoms with Crippen LogP contribution in [0.4, 0.5) is 0 Å². The molecule has 0 fully saturated rings. The first-order valence-corrected chi connectivity index (χ1v) is 4.41. The Morgan fingerprint density at radius 2 is 1.40 bits per heavy atom. The first-order valence-electron chi connectivity index (χ1n) is 4.41. The predicted octanol–water partition coefficient (Wildman–Crippen LogP) is 0.777. The molecule has 0 aliphatic heterocycles. The first kappa shape index (κ1) is 13.7. The average molecular weight is 216 g/mol. The summed E-state index contributed by atoms with van der Waals surface area (Å²) < 4.78 is 4.36. The topological polar surface area (TPSA) is 90.2 Å². The molecule has 0 radical (unpaired) electrons. The van der Waals surface area contributed by atoms with Gasteiger partial charge in [-0.25, -0.2) is 0 Å². The zero-order valence-electron chi connectivity index (χ0n) is 8.66. The van der Waals surface area contributed by atoms with Crippen LogP contribution in [0.15, 0.2) is 24.3 Å². The minimum absolute atomic E-state index is 0.0880. The van der Waals surface area contributed by atoms with Gasteiger partial charge in [0.2, 0.25) is 0 Å². The second-order valence-electron chi connectivity index (χ2n) is 2.85. The fourth-order valence-electron chi connectivity index (χ4n) is 0.778. The summed E-state index contributed by atoms with van der Waals surface area (Å²) in [5.74, 6) is 0.176. The van der Waals surface area contributed by atoms with Gasteiger partial charge in [0.1, 0.15) is 11.5 Å². The SMILES string of the molecule is CC(O)OC(C)O.Oc1cccc(O)c1. The second kappa shape index (κ2) is 7.05. The number of aliphatic hydroxyl groups excluding tert-OH is 2. The maximum Gasteiger partial charge on any atom is 0.154 e. The van der Waals surface area contributed by atoms with Crippen molar-refractivity contribution in [1.29, 1.82) is 0 Å². The number of ether oxygens (including phenoxy) is 1. The summed E-state index contributed by atoms with van der Waals surface area (Å²) in [6.07, 6.45) is -1.75. The average Bonchev–Trinajstić information content (AvgIpc) is 2.01. The number of rotatable bonds is 2. The number of hydrogen-bond donors (Lipinski definition) is 4. The van der Waals surface area contributed by atoms with E-state index in [2.05, 4.69) is 4.74 Å². The molecule has 1 aromatic rings. The smallest absolute Gasteiger partial charge is 0.154 e. The van der Waals surface area contributed by atoms with Gasteiger partial charge in [0, 0.05) is 6.07 Å². The van der Waals surface area contributed by atoms with Crippen LogP contribution < -0.4 is 0 Å². The molecule has 0 saturated carbocycles. The maximum absolute atomic E-state index is 8.65. The number of aliphatic hydroxyl groups is 2. The standard InChI is InChI=1S/C6H6O2.C4H10O3/c7-5-2-1-3-6(8)4-5;1-3(5)7-4(2)6/h1-4,7-8H;3-6H,1-2H3. The van der Waals surface area contributed by atoms with Gasteiger partial charge in [-0.3, -0.25) is 0 Å². The van der Waals surface area contributed by atoms with Crippen LogP contribution in [-0.2, 0) is 4.74 Å². The van der Waals surface area contributed by atoms with Crippen LogP contribution in [0.3, 0.4) is 0 Å². The lowest BCUT2D eigenvalue weighted by Gasteiger charge is -2.07. The third kappa shape index (κ3) is 9.01. The van der Waals surface area contributed by atoms with Crippen molar-refractivity contribution in [2.45, 2.75) is 26.4 Å². The van der Waals surface area contributed by atoms with E-state index < -0.39 is 12.6 Å². The third-order valence-electron chi connectivity index (χ3n) is 1.22. The second-order valence-corrected chi connectivity index (χ2v) is 2.85. The van der Waals surface area contributed by atoms with Gasteiger partial charge in [-0.15, -0.1) is 0 Å². The van der Waals surface area contributed by atoms with Crippen molar-refractivity contribution in [2.75, 3.05) is 0 Å². The van der Waals surface area contributed by atoms with Gasteiger partial charge in [-0.05, 0) is 26.0 Å². The minimum atomic E-state index is -0.875. The van der Waals surface area contributed by atoms with Crippen molar-refractivity contribution in [3.8, 4) is 11.5 Å². The van der Waals surface area contributed by atoms with Crippen molar-refractivity contribution in [3.63, 3.8) is 0 Å². The third-order valence-corrected chi connectivity index (χ3v) is 1.22. The molecule has 4 N–H and O–H groups in total. The Labute approximate surface area is 88.2 Å². The summed E-state index contributed by atoms with van der Waals surface area (Å²) in [5.41, 5.74) is 0. The highest BCUT2D eigenvalue weighted by Crippen LogP contribution is 2.14. The molecule has 0 heterocycles. The summed E-state index contributed by atoms with van der Waals surface area (Å²) in [6, 6.07) is 5.85. The van der Waals surface area contributed by atoms with Crippen molar-refractivity contribution in [3.05, 3.63) is 24.3 Å². The Morgan fingerprint density at radius 1 is 1.00 bits per heavy atom. The number of phenols is 2. The quantitative estimate of drug-likeness (QED) is 0.548. The van der Waals surface area contributed by atoms with E-state index in [9.17, 15) is 0 Å². The molecule has 15 heavy (non-hydrogen) atoms. The van der Waals surface area contributed by atoms with E-state index >= 15 is 0 Å². The normalized spacial score (nSPS) is 13.6. The fraction of sp³-hybridized carbons (Fsp3) is 0.400. The Bertz CT molecular complexity index is 249. The molecule has 0 saturated heterocycles. The lowest BCUT2D eigenvalue weighted by molar-refractivity contribution is -0.190. The van der Waals surface area contributed by atoms with Gasteiger partial charge in [-0.1, -0.05) is 6.07 Å². The Hall–Kier alpha value is -1.30. The van der Waals surface area contributed by atoms with Crippen LogP contribution in [0.1, 0.15) is 13.8 Å². The number of phenolic OH excluding ortho intramolecular Hbond substituents is 2. The van der Waals surface area contributed by atoms with Crippen molar-refractivity contribution in [1.82, 2.24) is 0 Å². The zero-order valence-corrected chi connectivity index (χ0v) is 8.66. The minimum Gasteiger partial charge on any atom is -0.508 e. The Morgan fingerprint density at radius 3 is 1.53 bits per heavy atom. The molecule has 0 aliphatic carbocycles. The molecule has 0 aromatic heterocycles. The summed E-state index contributed by atoms with van der Waals surface area (Å²) >= 11 is 0. The van der Waals surface area contributed by atoms with Gasteiger partial charge in [0.25, 0.3) is 0 Å². The highest BCUT2D eigenvalue weighted by atomic mass is 16.7. The molecule has 5 nitrogen and oxygen atoms in total. The summed E-state index contributed by atoms with van der Waals surface area (Å²) in [5, 5.41) is 34.0. The van der Waals surface area contributed by atoms with Crippen molar-refractivity contribution in [2.24, 2.45) is 0 Å². The molecule has 0 spiro atoms. The molecule has 86 valence electrons. The molecule has 0 bridgehead atoms.